The van der Waals surface area contributed by atoms with E-state index < -0.39 is 0 Å². The fraction of sp³-hybridized carbons (Fsp3) is 0.909. The van der Waals surface area contributed by atoms with Crippen molar-refractivity contribution in [2.24, 2.45) is 11.8 Å². The Hall–Kier alpha value is -0.570. The molecule has 1 amide bonds. The lowest BCUT2D eigenvalue weighted by Gasteiger charge is -2.20. The van der Waals surface area contributed by atoms with Crippen molar-refractivity contribution in [3.63, 3.8) is 0 Å². The summed E-state index contributed by atoms with van der Waals surface area (Å²) in [5, 5.41) is 9.47. The van der Waals surface area contributed by atoms with Gasteiger partial charge in [0.2, 0.25) is 5.91 Å². The van der Waals surface area contributed by atoms with E-state index in [1.165, 1.54) is 0 Å². The fourth-order valence-electron chi connectivity index (χ4n) is 1.81. The lowest BCUT2D eigenvalue weighted by Crippen LogP contribution is -2.33. The maximum absolute atomic E-state index is 11.6. The number of hydrogen-bond donors (Lipinski definition) is 1. The van der Waals surface area contributed by atoms with Gasteiger partial charge in [-0.2, -0.15) is 0 Å². The first-order valence-electron chi connectivity index (χ1n) is 5.50. The predicted octanol–water partition coefficient (Wildman–Crippen LogP) is 1.26. The zero-order valence-electron chi connectivity index (χ0n) is 9.36. The Balaban J connectivity index is 2.44. The first-order chi connectivity index (χ1) is 6.54. The molecule has 1 heterocycles. The highest BCUT2D eigenvalue weighted by Gasteiger charge is 2.31. The molecule has 1 fully saturated rings. The third-order valence-corrected chi connectivity index (χ3v) is 3.09. The number of carbonyl (C=O) groups is 1. The smallest absolute Gasteiger partial charge is 0.223 e. The van der Waals surface area contributed by atoms with E-state index in [2.05, 4.69) is 13.8 Å². The first-order valence-corrected chi connectivity index (χ1v) is 5.50. The van der Waals surface area contributed by atoms with Crippen LogP contribution in [0.2, 0.25) is 0 Å². The number of hydrogen-bond acceptors (Lipinski definition) is 2. The van der Waals surface area contributed by atoms with Crippen LogP contribution in [0.4, 0.5) is 0 Å². The van der Waals surface area contributed by atoms with Gasteiger partial charge in [0.05, 0.1) is 6.10 Å². The topological polar surface area (TPSA) is 40.5 Å². The molecule has 0 saturated carbocycles. The van der Waals surface area contributed by atoms with Gasteiger partial charge in [-0.1, -0.05) is 20.8 Å². The molecule has 0 bridgehead atoms. The van der Waals surface area contributed by atoms with Crippen molar-refractivity contribution in [2.45, 2.75) is 39.7 Å². The Labute approximate surface area is 86.1 Å². The number of aliphatic hydroxyl groups excluding tert-OH is 1. The van der Waals surface area contributed by atoms with Gasteiger partial charge in [0.15, 0.2) is 0 Å². The van der Waals surface area contributed by atoms with Gasteiger partial charge in [-0.25, -0.2) is 0 Å². The third-order valence-electron chi connectivity index (χ3n) is 3.09. The molecule has 1 N–H and O–H groups in total. The van der Waals surface area contributed by atoms with E-state index in [-0.39, 0.29) is 12.0 Å². The summed E-state index contributed by atoms with van der Waals surface area (Å²) in [6, 6.07) is 0. The van der Waals surface area contributed by atoms with E-state index in [9.17, 15) is 9.90 Å². The van der Waals surface area contributed by atoms with Gasteiger partial charge < -0.3 is 10.0 Å². The number of β-amino-alcohol motifs (C(OH)–C–C–N with tert-alkyl or cyclic N) is 1. The van der Waals surface area contributed by atoms with Crippen LogP contribution in [0.15, 0.2) is 0 Å². The molecule has 0 radical (unpaired) electrons. The summed E-state index contributed by atoms with van der Waals surface area (Å²) in [7, 11) is 0. The number of aliphatic hydroxyl groups is 1. The minimum Gasteiger partial charge on any atom is -0.391 e. The number of rotatable bonds is 4. The number of likely N-dealkylation sites (tertiary alicyclic amines) is 1. The molecule has 3 nitrogen and oxygen atoms in total. The second-order valence-electron chi connectivity index (χ2n) is 4.57. The van der Waals surface area contributed by atoms with Crippen LogP contribution in [-0.2, 0) is 4.79 Å². The van der Waals surface area contributed by atoms with Crippen LogP contribution in [-0.4, -0.2) is 35.1 Å². The molecule has 1 rings (SSSR count). The Kier molecular flexibility index (Phi) is 3.93. The van der Waals surface area contributed by atoms with Crippen LogP contribution in [0, 0.1) is 11.8 Å². The molecule has 3 heteroatoms. The van der Waals surface area contributed by atoms with Gasteiger partial charge in [0.1, 0.15) is 0 Å². The standard InChI is InChI=1S/C11H21NO2/c1-4-10(13)7-12-6-9(8(2)3)5-11(12)14/h8-10,13H,4-7H2,1-3H3. The van der Waals surface area contributed by atoms with Gasteiger partial charge in [-0.05, 0) is 18.3 Å². The average Bonchev–Trinajstić information content (AvgIpc) is 2.48. The average molecular weight is 199 g/mol. The number of nitrogens with zero attached hydrogens (tertiary/aromatic N) is 1. The van der Waals surface area contributed by atoms with Crippen LogP contribution >= 0.6 is 0 Å². The minimum absolute atomic E-state index is 0.205. The summed E-state index contributed by atoms with van der Waals surface area (Å²) in [6.45, 7) is 7.58. The van der Waals surface area contributed by atoms with Crippen LogP contribution in [0.25, 0.3) is 0 Å². The molecular weight excluding hydrogens is 178 g/mol. The van der Waals surface area contributed by atoms with Crippen molar-refractivity contribution >= 4 is 5.91 Å². The molecule has 1 aliphatic rings. The molecule has 1 saturated heterocycles. The monoisotopic (exact) mass is 199 g/mol. The van der Waals surface area contributed by atoms with Crippen molar-refractivity contribution in [2.75, 3.05) is 13.1 Å². The fourth-order valence-corrected chi connectivity index (χ4v) is 1.81. The Morgan fingerprint density at radius 2 is 2.21 bits per heavy atom. The first kappa shape index (κ1) is 11.5. The highest BCUT2D eigenvalue weighted by atomic mass is 16.3. The van der Waals surface area contributed by atoms with E-state index in [0.717, 1.165) is 13.0 Å². The van der Waals surface area contributed by atoms with E-state index in [1.807, 2.05) is 6.92 Å². The molecule has 0 aromatic heterocycles. The second-order valence-corrected chi connectivity index (χ2v) is 4.57. The van der Waals surface area contributed by atoms with Gasteiger partial charge in [-0.15, -0.1) is 0 Å². The Morgan fingerprint density at radius 3 is 2.64 bits per heavy atom. The van der Waals surface area contributed by atoms with Crippen LogP contribution in [0.5, 0.6) is 0 Å². The quantitative estimate of drug-likeness (QED) is 0.740. The van der Waals surface area contributed by atoms with Crippen LogP contribution in [0.1, 0.15) is 33.6 Å². The predicted molar refractivity (Wildman–Crippen MR) is 55.8 cm³/mol. The van der Waals surface area contributed by atoms with Gasteiger partial charge in [0.25, 0.3) is 0 Å². The Morgan fingerprint density at radius 1 is 1.57 bits per heavy atom. The largest absolute Gasteiger partial charge is 0.391 e. The van der Waals surface area contributed by atoms with E-state index in [0.29, 0.717) is 24.8 Å². The Bertz CT molecular complexity index is 203. The van der Waals surface area contributed by atoms with Crippen molar-refractivity contribution in [1.82, 2.24) is 4.90 Å². The van der Waals surface area contributed by atoms with Crippen molar-refractivity contribution in [3.05, 3.63) is 0 Å². The molecule has 2 unspecified atom stereocenters. The molecular formula is C11H21NO2. The van der Waals surface area contributed by atoms with Crippen molar-refractivity contribution < 1.29 is 9.90 Å². The minimum atomic E-state index is -0.357. The summed E-state index contributed by atoms with van der Waals surface area (Å²) in [5.74, 6) is 1.24. The lowest BCUT2D eigenvalue weighted by atomic mass is 9.95. The molecule has 82 valence electrons. The van der Waals surface area contributed by atoms with Gasteiger partial charge in [-0.3, -0.25) is 4.79 Å². The molecule has 2 atom stereocenters. The summed E-state index contributed by atoms with van der Waals surface area (Å²) in [4.78, 5) is 13.4. The molecule has 0 aromatic rings. The highest BCUT2D eigenvalue weighted by molar-refractivity contribution is 5.78. The molecule has 14 heavy (non-hydrogen) atoms. The lowest BCUT2D eigenvalue weighted by molar-refractivity contribution is -0.128. The molecule has 0 spiro atoms. The van der Waals surface area contributed by atoms with E-state index >= 15 is 0 Å². The summed E-state index contributed by atoms with van der Waals surface area (Å²) in [5.41, 5.74) is 0. The third kappa shape index (κ3) is 2.71. The summed E-state index contributed by atoms with van der Waals surface area (Å²) >= 11 is 0. The molecule has 0 aromatic carbocycles. The van der Waals surface area contributed by atoms with E-state index in [1.54, 1.807) is 4.90 Å². The van der Waals surface area contributed by atoms with Crippen LogP contribution in [0.3, 0.4) is 0 Å². The zero-order chi connectivity index (χ0) is 10.7. The summed E-state index contributed by atoms with van der Waals surface area (Å²) < 4.78 is 0. The molecule has 0 aliphatic carbocycles. The van der Waals surface area contributed by atoms with Crippen LogP contribution < -0.4 is 0 Å². The molecule has 1 aliphatic heterocycles. The maximum atomic E-state index is 11.6. The van der Waals surface area contributed by atoms with Crippen molar-refractivity contribution in [3.8, 4) is 0 Å². The maximum Gasteiger partial charge on any atom is 0.223 e. The second kappa shape index (κ2) is 4.78. The number of amides is 1. The van der Waals surface area contributed by atoms with Crippen molar-refractivity contribution in [1.29, 1.82) is 0 Å². The number of carbonyl (C=O) groups excluding carboxylic acids is 1. The summed E-state index contributed by atoms with van der Waals surface area (Å²) in [6.07, 6.45) is 1.02. The normalized spacial score (nSPS) is 24.8. The highest BCUT2D eigenvalue weighted by Crippen LogP contribution is 2.24. The van der Waals surface area contributed by atoms with E-state index in [4.69, 9.17) is 0 Å². The van der Waals surface area contributed by atoms with Gasteiger partial charge >= 0.3 is 0 Å². The SMILES string of the molecule is CCC(O)CN1CC(C(C)C)CC1=O. The zero-order valence-corrected chi connectivity index (χ0v) is 9.36. The van der Waals surface area contributed by atoms with Gasteiger partial charge in [0, 0.05) is 19.5 Å².